The number of nitrogens with two attached hydrogens (primary N) is 1. The maximum Gasteiger partial charge on any atom is 0.224 e. The normalized spacial score (nSPS) is 15.7. The first-order valence-electron chi connectivity index (χ1n) is 9.66. The number of carbonyl (C=O) groups excluding carboxylic acids is 2. The van der Waals surface area contributed by atoms with Gasteiger partial charge in [-0.1, -0.05) is 39.0 Å². The zero-order valence-electron chi connectivity index (χ0n) is 17.3. The summed E-state index contributed by atoms with van der Waals surface area (Å²) in [5.41, 5.74) is 9.28. The average Bonchev–Trinajstić information content (AvgIpc) is 3.09. The third-order valence-corrected chi connectivity index (χ3v) is 5.88. The van der Waals surface area contributed by atoms with Crippen molar-refractivity contribution in [3.05, 3.63) is 27.5 Å². The Hall–Kier alpha value is -2.22. The monoisotopic (exact) mass is 403 g/mol. The molecule has 8 heteroatoms. The predicted octanol–water partition coefficient (Wildman–Crippen LogP) is 2.90. The van der Waals surface area contributed by atoms with Gasteiger partial charge >= 0.3 is 0 Å². The van der Waals surface area contributed by atoms with Crippen LogP contribution in [0.2, 0.25) is 0 Å². The largest absolute Gasteiger partial charge is 0.374 e. The lowest BCUT2D eigenvalue weighted by Gasteiger charge is -2.30. The Balaban J connectivity index is 1.87. The van der Waals surface area contributed by atoms with E-state index in [0.29, 0.717) is 29.0 Å². The highest BCUT2D eigenvalue weighted by atomic mass is 32.1. The van der Waals surface area contributed by atoms with Crippen molar-refractivity contribution in [1.82, 2.24) is 20.1 Å². The molecule has 2 heterocycles. The van der Waals surface area contributed by atoms with Crippen molar-refractivity contribution >= 4 is 28.2 Å². The van der Waals surface area contributed by atoms with Crippen LogP contribution in [0.4, 0.5) is 5.13 Å². The first-order chi connectivity index (χ1) is 13.1. The first-order valence-corrected chi connectivity index (χ1v) is 10.5. The number of nitrogens with zero attached hydrogens (tertiary/aromatic N) is 3. The Kier molecular flexibility index (Phi) is 5.61. The minimum Gasteiger partial charge on any atom is -0.374 e. The molecule has 0 fully saturated rings. The van der Waals surface area contributed by atoms with E-state index in [4.69, 9.17) is 5.73 Å². The van der Waals surface area contributed by atoms with Gasteiger partial charge in [-0.2, -0.15) is 0 Å². The summed E-state index contributed by atoms with van der Waals surface area (Å²) in [6, 6.07) is 0. The average molecular weight is 404 g/mol. The summed E-state index contributed by atoms with van der Waals surface area (Å²) in [6.45, 7) is 11.8. The van der Waals surface area contributed by atoms with Crippen LogP contribution in [0, 0.1) is 18.3 Å². The fourth-order valence-corrected chi connectivity index (χ4v) is 4.52. The minimum atomic E-state index is -0.126. The number of ketones is 1. The minimum absolute atomic E-state index is 0.0547. The van der Waals surface area contributed by atoms with Crippen LogP contribution in [0.15, 0.2) is 0 Å². The second-order valence-electron chi connectivity index (χ2n) is 8.82. The highest BCUT2D eigenvalue weighted by Crippen LogP contribution is 2.39. The van der Waals surface area contributed by atoms with Crippen LogP contribution >= 0.6 is 11.3 Å². The van der Waals surface area contributed by atoms with E-state index in [9.17, 15) is 9.59 Å². The molecule has 1 aliphatic carbocycles. The molecule has 0 radical (unpaired) electrons. The van der Waals surface area contributed by atoms with Crippen molar-refractivity contribution in [2.45, 2.75) is 67.0 Å². The molecular weight excluding hydrogens is 374 g/mol. The molecule has 0 aromatic carbocycles. The first kappa shape index (κ1) is 20.5. The lowest BCUT2D eigenvalue weighted by atomic mass is 9.75. The molecule has 3 rings (SSSR count). The van der Waals surface area contributed by atoms with Gasteiger partial charge in [0.1, 0.15) is 5.01 Å². The number of hydrogen-bond donors (Lipinski definition) is 2. The predicted molar refractivity (Wildman–Crippen MR) is 110 cm³/mol. The number of nitrogen functional groups attached to an aromatic ring is 1. The van der Waals surface area contributed by atoms with Gasteiger partial charge in [0.05, 0.1) is 13.0 Å². The Bertz CT molecular complexity index is 910. The van der Waals surface area contributed by atoms with Gasteiger partial charge in [0.2, 0.25) is 11.0 Å². The fraction of sp³-hybridized carbons (Fsp3) is 0.600. The quantitative estimate of drug-likeness (QED) is 0.772. The van der Waals surface area contributed by atoms with Crippen LogP contribution in [0.1, 0.15) is 66.4 Å². The second kappa shape index (κ2) is 7.66. The van der Waals surface area contributed by atoms with Crippen LogP contribution < -0.4 is 11.1 Å². The SMILES string of the molecule is Cc1c(CC(=O)NCc2nnc(N)s2)c2c(n1CC(C)C)CC(C)(C)CC2=O. The van der Waals surface area contributed by atoms with E-state index >= 15 is 0 Å². The van der Waals surface area contributed by atoms with E-state index in [0.717, 1.165) is 35.5 Å². The topological polar surface area (TPSA) is 103 Å². The Morgan fingerprint density at radius 3 is 2.64 bits per heavy atom. The maximum absolute atomic E-state index is 13.0. The van der Waals surface area contributed by atoms with E-state index in [2.05, 4.69) is 47.8 Å². The molecular formula is C20H29N5O2S. The van der Waals surface area contributed by atoms with Gasteiger partial charge in [-0.25, -0.2) is 0 Å². The molecule has 1 amide bonds. The van der Waals surface area contributed by atoms with Crippen LogP contribution in [-0.2, 0) is 30.7 Å². The van der Waals surface area contributed by atoms with Gasteiger partial charge in [0.15, 0.2) is 5.78 Å². The van der Waals surface area contributed by atoms with Gasteiger partial charge in [-0.3, -0.25) is 9.59 Å². The Labute approximate surface area is 169 Å². The molecule has 2 aromatic rings. The second-order valence-corrected chi connectivity index (χ2v) is 9.91. The summed E-state index contributed by atoms with van der Waals surface area (Å²) in [5, 5.41) is 11.6. The highest BCUT2D eigenvalue weighted by molar-refractivity contribution is 7.15. The molecule has 7 nitrogen and oxygen atoms in total. The maximum atomic E-state index is 13.0. The van der Waals surface area contributed by atoms with Gasteiger partial charge in [-0.05, 0) is 30.2 Å². The molecule has 0 bridgehead atoms. The van der Waals surface area contributed by atoms with Crippen LogP contribution in [-0.4, -0.2) is 26.5 Å². The molecule has 0 saturated heterocycles. The standard InChI is InChI=1S/C20H29N5O2S/c1-11(2)10-25-12(3)13(18-14(25)7-20(4,5)8-15(18)26)6-16(27)22-9-17-23-24-19(21)28-17/h11H,6-10H2,1-5H3,(H2,21,24)(H,22,27). The lowest BCUT2D eigenvalue weighted by Crippen LogP contribution is -2.29. The van der Waals surface area contributed by atoms with Crippen molar-refractivity contribution in [3.63, 3.8) is 0 Å². The molecule has 0 saturated carbocycles. The molecule has 1 aliphatic rings. The summed E-state index contributed by atoms with van der Waals surface area (Å²) in [5.74, 6) is 0.482. The summed E-state index contributed by atoms with van der Waals surface area (Å²) < 4.78 is 2.26. The van der Waals surface area contributed by atoms with E-state index < -0.39 is 0 Å². The van der Waals surface area contributed by atoms with Gasteiger partial charge < -0.3 is 15.6 Å². The number of hydrogen-bond acceptors (Lipinski definition) is 6. The number of Topliss-reactive ketones (excluding diaryl/α,β-unsaturated/α-hetero) is 1. The van der Waals surface area contributed by atoms with Crippen molar-refractivity contribution in [3.8, 4) is 0 Å². The molecule has 0 unspecified atom stereocenters. The molecule has 0 atom stereocenters. The summed E-state index contributed by atoms with van der Waals surface area (Å²) >= 11 is 1.26. The van der Waals surface area contributed by atoms with Crippen molar-refractivity contribution in [2.24, 2.45) is 11.3 Å². The third kappa shape index (κ3) is 4.27. The highest BCUT2D eigenvalue weighted by Gasteiger charge is 2.37. The van der Waals surface area contributed by atoms with E-state index in [1.807, 2.05) is 6.92 Å². The number of carbonyl (C=O) groups is 2. The summed E-state index contributed by atoms with van der Waals surface area (Å²) in [4.78, 5) is 25.6. The molecule has 3 N–H and O–H groups in total. The molecule has 28 heavy (non-hydrogen) atoms. The number of aromatic nitrogens is 3. The Morgan fingerprint density at radius 1 is 1.32 bits per heavy atom. The molecule has 0 spiro atoms. The molecule has 0 aliphatic heterocycles. The van der Waals surface area contributed by atoms with Crippen molar-refractivity contribution in [2.75, 3.05) is 5.73 Å². The fourth-order valence-electron chi connectivity index (χ4n) is 3.97. The van der Waals surface area contributed by atoms with Crippen molar-refractivity contribution in [1.29, 1.82) is 0 Å². The van der Waals surface area contributed by atoms with Crippen molar-refractivity contribution < 1.29 is 9.59 Å². The van der Waals surface area contributed by atoms with Gasteiger partial charge in [0.25, 0.3) is 0 Å². The number of nitrogens with one attached hydrogen (secondary N) is 1. The third-order valence-electron chi connectivity index (χ3n) is 5.13. The zero-order chi connectivity index (χ0) is 20.6. The van der Waals surface area contributed by atoms with Crippen LogP contribution in [0.3, 0.4) is 0 Å². The molecule has 2 aromatic heterocycles. The van der Waals surface area contributed by atoms with Crippen LogP contribution in [0.5, 0.6) is 0 Å². The number of amides is 1. The Morgan fingerprint density at radius 2 is 2.04 bits per heavy atom. The van der Waals surface area contributed by atoms with Gasteiger partial charge in [0, 0.05) is 29.9 Å². The number of fused-ring (bicyclic) bond motifs is 1. The van der Waals surface area contributed by atoms with E-state index in [1.165, 1.54) is 11.3 Å². The lowest BCUT2D eigenvalue weighted by molar-refractivity contribution is -0.120. The van der Waals surface area contributed by atoms with Gasteiger partial charge in [-0.15, -0.1) is 10.2 Å². The number of rotatable bonds is 6. The van der Waals surface area contributed by atoms with E-state index in [-0.39, 0.29) is 23.5 Å². The molecule has 152 valence electrons. The zero-order valence-corrected chi connectivity index (χ0v) is 18.1. The smallest absolute Gasteiger partial charge is 0.224 e. The van der Waals surface area contributed by atoms with Crippen LogP contribution in [0.25, 0.3) is 0 Å². The van der Waals surface area contributed by atoms with E-state index in [1.54, 1.807) is 0 Å². The summed E-state index contributed by atoms with van der Waals surface area (Å²) in [7, 11) is 0. The number of anilines is 1. The summed E-state index contributed by atoms with van der Waals surface area (Å²) in [6.07, 6.45) is 1.57.